The van der Waals surface area contributed by atoms with Gasteiger partial charge in [-0.05, 0) is 37.7 Å². The Morgan fingerprint density at radius 3 is 2.62 bits per heavy atom. The number of nitrogens with zero attached hydrogens (tertiary/aromatic N) is 3. The summed E-state index contributed by atoms with van der Waals surface area (Å²) in [5.41, 5.74) is -0.0462. The lowest BCUT2D eigenvalue weighted by Gasteiger charge is -2.28. The summed E-state index contributed by atoms with van der Waals surface area (Å²) in [6.07, 6.45) is 6.48. The number of hydrogen-bond donors (Lipinski definition) is 2. The molecule has 2 aromatic heterocycles. The van der Waals surface area contributed by atoms with Crippen molar-refractivity contribution < 1.29 is 4.79 Å². The first-order valence-corrected chi connectivity index (χ1v) is 9.04. The van der Waals surface area contributed by atoms with Crippen molar-refractivity contribution in [2.24, 2.45) is 20.0 Å². The Bertz CT molecular complexity index is 981. The van der Waals surface area contributed by atoms with E-state index in [1.807, 2.05) is 0 Å². The van der Waals surface area contributed by atoms with Gasteiger partial charge in [0.15, 0.2) is 0 Å². The van der Waals surface area contributed by atoms with E-state index in [9.17, 15) is 14.4 Å². The normalized spacial score (nSPS) is 24.8. The lowest BCUT2D eigenvalue weighted by atomic mass is 9.89. The van der Waals surface area contributed by atoms with Crippen molar-refractivity contribution in [1.29, 1.82) is 0 Å². The molecule has 0 radical (unpaired) electrons. The number of fused-ring (bicyclic) bond motifs is 3. The van der Waals surface area contributed by atoms with Crippen molar-refractivity contribution in [1.82, 2.24) is 19.4 Å². The van der Waals surface area contributed by atoms with Crippen molar-refractivity contribution >= 4 is 22.6 Å². The van der Waals surface area contributed by atoms with E-state index in [-0.39, 0.29) is 5.91 Å². The number of aromatic nitrogens is 3. The largest absolute Gasteiger partial charge is 0.332 e. The molecule has 2 bridgehead atoms. The number of rotatable bonds is 3. The fraction of sp³-hybridized carbons (Fsp3) is 0.556. The molecule has 1 amide bonds. The minimum absolute atomic E-state index is 0.0564. The maximum atomic E-state index is 12.4. The van der Waals surface area contributed by atoms with Crippen LogP contribution in [0.1, 0.15) is 32.1 Å². The predicted octanol–water partition coefficient (Wildman–Crippen LogP) is 0.491. The molecule has 8 nitrogen and oxygen atoms in total. The van der Waals surface area contributed by atoms with E-state index in [1.165, 1.54) is 30.7 Å². The standard InChI is InChI=1S/C18H23N5O3/c1-22-16-14(17(25)23(2)18(22)26)8-13(9-19-16)21-15(24)7-10-5-11-3-4-12(6-10)20-11/h8-12,20H,3-7H2,1-2H3,(H,21,24). The number of carbonyl (C=O) groups excluding carboxylic acids is 1. The third-order valence-corrected chi connectivity index (χ3v) is 5.62. The summed E-state index contributed by atoms with van der Waals surface area (Å²) < 4.78 is 2.37. The lowest BCUT2D eigenvalue weighted by molar-refractivity contribution is -0.117. The zero-order valence-electron chi connectivity index (χ0n) is 15.0. The van der Waals surface area contributed by atoms with E-state index >= 15 is 0 Å². The second-order valence-electron chi connectivity index (χ2n) is 7.53. The first-order chi connectivity index (χ1) is 12.4. The van der Waals surface area contributed by atoms with Crippen LogP contribution in [0.15, 0.2) is 21.9 Å². The molecule has 4 heterocycles. The Kier molecular flexibility index (Phi) is 4.14. The third kappa shape index (κ3) is 2.94. The number of anilines is 1. The van der Waals surface area contributed by atoms with Crippen molar-refractivity contribution in [2.75, 3.05) is 5.32 Å². The number of pyridine rings is 1. The quantitative estimate of drug-likeness (QED) is 0.833. The summed E-state index contributed by atoms with van der Waals surface area (Å²) in [4.78, 5) is 40.9. The fourth-order valence-corrected chi connectivity index (χ4v) is 4.35. The summed E-state index contributed by atoms with van der Waals surface area (Å²) in [6.45, 7) is 0. The van der Waals surface area contributed by atoms with Crippen molar-refractivity contribution in [3.63, 3.8) is 0 Å². The fourth-order valence-electron chi connectivity index (χ4n) is 4.35. The highest BCUT2D eigenvalue weighted by atomic mass is 16.2. The summed E-state index contributed by atoms with van der Waals surface area (Å²) in [5.74, 6) is 0.343. The molecule has 0 saturated carbocycles. The van der Waals surface area contributed by atoms with Crippen LogP contribution >= 0.6 is 0 Å². The van der Waals surface area contributed by atoms with Crippen LogP contribution in [0.4, 0.5) is 5.69 Å². The minimum Gasteiger partial charge on any atom is -0.325 e. The van der Waals surface area contributed by atoms with Crippen LogP contribution in [-0.2, 0) is 18.9 Å². The SMILES string of the molecule is Cn1c(=O)c2cc(NC(=O)CC3CC4CCC(C3)N4)cnc2n(C)c1=O. The minimum atomic E-state index is -0.424. The summed E-state index contributed by atoms with van der Waals surface area (Å²) in [6, 6.07) is 2.70. The van der Waals surface area contributed by atoms with Crippen LogP contribution in [-0.4, -0.2) is 32.1 Å². The van der Waals surface area contributed by atoms with Gasteiger partial charge < -0.3 is 10.6 Å². The highest BCUT2D eigenvalue weighted by molar-refractivity contribution is 5.92. The van der Waals surface area contributed by atoms with Crippen molar-refractivity contribution in [3.8, 4) is 0 Å². The Labute approximate surface area is 150 Å². The molecule has 2 aromatic rings. The van der Waals surface area contributed by atoms with Crippen LogP contribution in [0, 0.1) is 5.92 Å². The molecule has 2 atom stereocenters. The topological polar surface area (TPSA) is 98.0 Å². The monoisotopic (exact) mass is 357 g/mol. The van der Waals surface area contributed by atoms with E-state index in [0.717, 1.165) is 17.4 Å². The molecule has 0 aliphatic carbocycles. The molecule has 2 fully saturated rings. The Morgan fingerprint density at radius 1 is 1.23 bits per heavy atom. The Morgan fingerprint density at radius 2 is 1.92 bits per heavy atom. The van der Waals surface area contributed by atoms with Gasteiger partial charge in [-0.3, -0.25) is 18.7 Å². The van der Waals surface area contributed by atoms with Gasteiger partial charge >= 0.3 is 5.69 Å². The molecule has 2 aliphatic rings. The van der Waals surface area contributed by atoms with Crippen molar-refractivity contribution in [3.05, 3.63) is 33.1 Å². The highest BCUT2D eigenvalue weighted by Gasteiger charge is 2.34. The van der Waals surface area contributed by atoms with E-state index in [1.54, 1.807) is 13.1 Å². The Balaban J connectivity index is 1.53. The molecule has 0 spiro atoms. The van der Waals surface area contributed by atoms with Gasteiger partial charge in [0.2, 0.25) is 5.91 Å². The van der Waals surface area contributed by atoms with E-state index < -0.39 is 11.2 Å². The Hall–Kier alpha value is -2.48. The maximum absolute atomic E-state index is 12.4. The number of piperidine rings is 1. The molecule has 2 unspecified atom stereocenters. The van der Waals surface area contributed by atoms with Gasteiger partial charge in [0.1, 0.15) is 5.65 Å². The number of carbonyl (C=O) groups is 1. The lowest BCUT2D eigenvalue weighted by Crippen LogP contribution is -2.39. The van der Waals surface area contributed by atoms with Gasteiger partial charge in [0.05, 0.1) is 17.3 Å². The van der Waals surface area contributed by atoms with Crippen LogP contribution < -0.4 is 21.9 Å². The molecule has 2 aliphatic heterocycles. The number of hydrogen-bond acceptors (Lipinski definition) is 5. The van der Waals surface area contributed by atoms with E-state index in [2.05, 4.69) is 15.6 Å². The van der Waals surface area contributed by atoms with Gasteiger partial charge in [0.25, 0.3) is 5.56 Å². The molecule has 2 N–H and O–H groups in total. The molecule has 138 valence electrons. The van der Waals surface area contributed by atoms with E-state index in [0.29, 0.717) is 41.1 Å². The summed E-state index contributed by atoms with van der Waals surface area (Å²) in [7, 11) is 3.00. The molecular formula is C18H23N5O3. The van der Waals surface area contributed by atoms with Crippen LogP contribution in [0.3, 0.4) is 0 Å². The molecule has 4 rings (SSSR count). The molecule has 26 heavy (non-hydrogen) atoms. The van der Waals surface area contributed by atoms with Crippen LogP contribution in [0.2, 0.25) is 0 Å². The van der Waals surface area contributed by atoms with Gasteiger partial charge in [0, 0.05) is 32.6 Å². The second-order valence-corrected chi connectivity index (χ2v) is 7.53. The maximum Gasteiger partial charge on any atom is 0.332 e. The third-order valence-electron chi connectivity index (χ3n) is 5.62. The summed E-state index contributed by atoms with van der Waals surface area (Å²) >= 11 is 0. The number of aryl methyl sites for hydroxylation is 1. The second kappa shape index (κ2) is 6.35. The first kappa shape index (κ1) is 17.0. The average molecular weight is 357 g/mol. The van der Waals surface area contributed by atoms with Crippen molar-refractivity contribution in [2.45, 2.75) is 44.2 Å². The molecule has 0 aromatic carbocycles. The average Bonchev–Trinajstić information content (AvgIpc) is 2.96. The number of nitrogens with one attached hydrogen (secondary N) is 2. The zero-order chi connectivity index (χ0) is 18.4. The van der Waals surface area contributed by atoms with Gasteiger partial charge in [-0.2, -0.15) is 0 Å². The molecular weight excluding hydrogens is 334 g/mol. The van der Waals surface area contributed by atoms with Gasteiger partial charge in [-0.1, -0.05) is 0 Å². The van der Waals surface area contributed by atoms with Gasteiger partial charge in [-0.25, -0.2) is 9.78 Å². The highest BCUT2D eigenvalue weighted by Crippen LogP contribution is 2.32. The van der Waals surface area contributed by atoms with E-state index in [4.69, 9.17) is 0 Å². The zero-order valence-corrected chi connectivity index (χ0v) is 15.0. The smallest absolute Gasteiger partial charge is 0.325 e. The molecule has 8 heteroatoms. The molecule has 2 saturated heterocycles. The van der Waals surface area contributed by atoms with Gasteiger partial charge in [-0.15, -0.1) is 0 Å². The first-order valence-electron chi connectivity index (χ1n) is 9.04. The summed E-state index contributed by atoms with van der Waals surface area (Å²) in [5, 5.41) is 6.75. The number of amides is 1. The predicted molar refractivity (Wildman–Crippen MR) is 98.1 cm³/mol. The van der Waals surface area contributed by atoms with Crippen LogP contribution in [0.5, 0.6) is 0 Å². The van der Waals surface area contributed by atoms with Crippen LogP contribution in [0.25, 0.3) is 11.0 Å².